The van der Waals surface area contributed by atoms with Crippen molar-refractivity contribution in [2.45, 2.75) is 19.3 Å². The number of amides is 1. The summed E-state index contributed by atoms with van der Waals surface area (Å²) in [6.07, 6.45) is 2.53. The quantitative estimate of drug-likeness (QED) is 0.810. The van der Waals surface area contributed by atoms with E-state index < -0.39 is 0 Å². The average Bonchev–Trinajstić information content (AvgIpc) is 2.42. The fraction of sp³-hybridized carbons (Fsp3) is 0.533. The van der Waals surface area contributed by atoms with Gasteiger partial charge in [-0.3, -0.25) is 4.79 Å². The first kappa shape index (κ1) is 14.0. The van der Waals surface area contributed by atoms with E-state index in [1.165, 1.54) is 11.1 Å². The third-order valence-electron chi connectivity index (χ3n) is 3.59. The molecule has 1 aromatic rings. The number of carbonyl (C=O) groups excluding carboxylic acids is 1. The van der Waals surface area contributed by atoms with Crippen LogP contribution in [0.2, 0.25) is 0 Å². The van der Waals surface area contributed by atoms with Crippen LogP contribution in [-0.2, 0) is 17.6 Å². The second-order valence-electron chi connectivity index (χ2n) is 5.20. The van der Waals surface area contributed by atoms with Gasteiger partial charge in [0.15, 0.2) is 0 Å². The van der Waals surface area contributed by atoms with E-state index in [9.17, 15) is 4.79 Å². The maximum absolute atomic E-state index is 11.3. The number of fused-ring (bicyclic) bond motifs is 1. The Morgan fingerprint density at radius 2 is 2.16 bits per heavy atom. The number of hydrogen-bond acceptors (Lipinski definition) is 3. The lowest BCUT2D eigenvalue weighted by molar-refractivity contribution is -0.116. The van der Waals surface area contributed by atoms with E-state index in [2.05, 4.69) is 34.7 Å². The monoisotopic (exact) mass is 261 g/mol. The Balaban J connectivity index is 1.90. The molecule has 4 heteroatoms. The lowest BCUT2D eigenvalue weighted by Gasteiger charge is -2.19. The zero-order valence-corrected chi connectivity index (χ0v) is 11.8. The lowest BCUT2D eigenvalue weighted by Crippen LogP contribution is -2.29. The first-order valence-electron chi connectivity index (χ1n) is 6.94. The highest BCUT2D eigenvalue weighted by molar-refractivity contribution is 5.93. The summed E-state index contributed by atoms with van der Waals surface area (Å²) in [4.78, 5) is 13.6. The van der Waals surface area contributed by atoms with Crippen molar-refractivity contribution in [3.05, 3.63) is 29.3 Å². The number of likely N-dealkylation sites (N-methyl/N-ethyl adjacent to an activating group) is 2. The number of carbonyl (C=O) groups is 1. The molecule has 1 aromatic carbocycles. The molecule has 4 nitrogen and oxygen atoms in total. The number of nitrogens with one attached hydrogen (secondary N) is 2. The summed E-state index contributed by atoms with van der Waals surface area (Å²) in [6.45, 7) is 3.15. The SMILES string of the molecule is CNCCN(C)CCc1ccc2c(c1)CCC(=O)N2. The van der Waals surface area contributed by atoms with Gasteiger partial charge in [0.25, 0.3) is 0 Å². The Labute approximate surface area is 115 Å². The van der Waals surface area contributed by atoms with Gasteiger partial charge >= 0.3 is 0 Å². The maximum Gasteiger partial charge on any atom is 0.224 e. The zero-order chi connectivity index (χ0) is 13.7. The van der Waals surface area contributed by atoms with Crippen LogP contribution in [0.5, 0.6) is 0 Å². The summed E-state index contributed by atoms with van der Waals surface area (Å²) in [6, 6.07) is 6.40. The molecule has 0 atom stereocenters. The van der Waals surface area contributed by atoms with Gasteiger partial charge in [-0.15, -0.1) is 0 Å². The van der Waals surface area contributed by atoms with Crippen molar-refractivity contribution >= 4 is 11.6 Å². The molecule has 0 aromatic heterocycles. The molecule has 0 unspecified atom stereocenters. The van der Waals surface area contributed by atoms with Crippen LogP contribution in [0.15, 0.2) is 18.2 Å². The molecular formula is C15H23N3O. The molecule has 1 aliphatic heterocycles. The van der Waals surface area contributed by atoms with E-state index >= 15 is 0 Å². The number of benzene rings is 1. The van der Waals surface area contributed by atoms with Crippen molar-refractivity contribution in [3.8, 4) is 0 Å². The molecule has 0 spiro atoms. The number of hydrogen-bond donors (Lipinski definition) is 2. The minimum absolute atomic E-state index is 0.132. The van der Waals surface area contributed by atoms with Crippen LogP contribution < -0.4 is 10.6 Å². The van der Waals surface area contributed by atoms with Crippen molar-refractivity contribution in [2.24, 2.45) is 0 Å². The van der Waals surface area contributed by atoms with Crippen LogP contribution in [0, 0.1) is 0 Å². The number of nitrogens with zero attached hydrogens (tertiary/aromatic N) is 1. The Morgan fingerprint density at radius 1 is 1.32 bits per heavy atom. The van der Waals surface area contributed by atoms with Crippen LogP contribution >= 0.6 is 0 Å². The van der Waals surface area contributed by atoms with Crippen LogP contribution in [-0.4, -0.2) is 44.5 Å². The summed E-state index contributed by atoms with van der Waals surface area (Å²) >= 11 is 0. The normalized spacial score (nSPS) is 14.4. The number of rotatable bonds is 6. The molecule has 19 heavy (non-hydrogen) atoms. The molecule has 1 aliphatic rings. The van der Waals surface area contributed by atoms with Crippen molar-refractivity contribution < 1.29 is 4.79 Å². The van der Waals surface area contributed by atoms with E-state index in [1.807, 2.05) is 13.1 Å². The van der Waals surface area contributed by atoms with E-state index in [1.54, 1.807) is 0 Å². The van der Waals surface area contributed by atoms with Crippen LogP contribution in [0.3, 0.4) is 0 Å². The highest BCUT2D eigenvalue weighted by atomic mass is 16.1. The van der Waals surface area contributed by atoms with Crippen molar-refractivity contribution in [3.63, 3.8) is 0 Å². The Morgan fingerprint density at radius 3 is 2.95 bits per heavy atom. The molecule has 2 rings (SSSR count). The molecule has 1 amide bonds. The smallest absolute Gasteiger partial charge is 0.224 e. The minimum atomic E-state index is 0.132. The summed E-state index contributed by atoms with van der Waals surface area (Å²) in [5, 5.41) is 6.08. The molecule has 2 N–H and O–H groups in total. The summed E-state index contributed by atoms with van der Waals surface area (Å²) in [5.74, 6) is 0.132. The summed E-state index contributed by atoms with van der Waals surface area (Å²) in [7, 11) is 4.13. The van der Waals surface area contributed by atoms with Crippen LogP contribution in [0.4, 0.5) is 5.69 Å². The predicted molar refractivity (Wildman–Crippen MR) is 78.5 cm³/mol. The molecule has 0 radical (unpaired) electrons. The van der Waals surface area contributed by atoms with Crippen LogP contribution in [0.25, 0.3) is 0 Å². The van der Waals surface area contributed by atoms with Gasteiger partial charge in [-0.2, -0.15) is 0 Å². The fourth-order valence-corrected chi connectivity index (χ4v) is 2.33. The van der Waals surface area contributed by atoms with Gasteiger partial charge in [-0.05, 0) is 44.1 Å². The molecule has 104 valence electrons. The third kappa shape index (κ3) is 4.04. The first-order valence-corrected chi connectivity index (χ1v) is 6.94. The van der Waals surface area contributed by atoms with Gasteiger partial charge in [-0.25, -0.2) is 0 Å². The second kappa shape index (κ2) is 6.68. The molecule has 1 heterocycles. The average molecular weight is 261 g/mol. The van der Waals surface area contributed by atoms with Gasteiger partial charge in [0, 0.05) is 31.7 Å². The van der Waals surface area contributed by atoms with Gasteiger partial charge in [0.2, 0.25) is 5.91 Å². The highest BCUT2D eigenvalue weighted by Crippen LogP contribution is 2.23. The van der Waals surface area contributed by atoms with Gasteiger partial charge in [-0.1, -0.05) is 12.1 Å². The Bertz CT molecular complexity index is 445. The van der Waals surface area contributed by atoms with Gasteiger partial charge in [0.05, 0.1) is 0 Å². The largest absolute Gasteiger partial charge is 0.326 e. The lowest BCUT2D eigenvalue weighted by atomic mass is 9.99. The Hall–Kier alpha value is -1.39. The van der Waals surface area contributed by atoms with Crippen molar-refractivity contribution in [1.82, 2.24) is 10.2 Å². The predicted octanol–water partition coefficient (Wildman–Crippen LogP) is 1.26. The highest BCUT2D eigenvalue weighted by Gasteiger charge is 2.14. The van der Waals surface area contributed by atoms with E-state index in [0.717, 1.165) is 38.2 Å². The molecule has 0 aliphatic carbocycles. The minimum Gasteiger partial charge on any atom is -0.326 e. The van der Waals surface area contributed by atoms with Crippen molar-refractivity contribution in [2.75, 3.05) is 39.0 Å². The van der Waals surface area contributed by atoms with Gasteiger partial charge < -0.3 is 15.5 Å². The number of aryl methyl sites for hydroxylation is 1. The van der Waals surface area contributed by atoms with E-state index in [0.29, 0.717) is 6.42 Å². The Kier molecular flexibility index (Phi) is 4.93. The summed E-state index contributed by atoms with van der Waals surface area (Å²) < 4.78 is 0. The fourth-order valence-electron chi connectivity index (χ4n) is 2.33. The molecule has 0 bridgehead atoms. The van der Waals surface area contributed by atoms with Crippen LogP contribution in [0.1, 0.15) is 17.5 Å². The molecule has 0 saturated heterocycles. The van der Waals surface area contributed by atoms with Crippen molar-refractivity contribution in [1.29, 1.82) is 0 Å². The summed E-state index contributed by atoms with van der Waals surface area (Å²) in [5.41, 5.74) is 3.62. The molecule has 0 saturated carbocycles. The first-order chi connectivity index (χ1) is 9.19. The maximum atomic E-state index is 11.3. The zero-order valence-electron chi connectivity index (χ0n) is 11.8. The van der Waals surface area contributed by atoms with E-state index in [-0.39, 0.29) is 5.91 Å². The third-order valence-corrected chi connectivity index (χ3v) is 3.59. The molecule has 0 fully saturated rings. The molecular weight excluding hydrogens is 238 g/mol. The van der Waals surface area contributed by atoms with E-state index in [4.69, 9.17) is 0 Å². The standard InChI is InChI=1S/C15H23N3O/c1-16-8-10-18(2)9-7-12-3-5-14-13(11-12)4-6-15(19)17-14/h3,5,11,16H,4,6-10H2,1-2H3,(H,17,19). The second-order valence-corrected chi connectivity index (χ2v) is 5.20. The number of anilines is 1. The van der Waals surface area contributed by atoms with Gasteiger partial charge in [0.1, 0.15) is 0 Å². The topological polar surface area (TPSA) is 44.4 Å².